The van der Waals surface area contributed by atoms with E-state index >= 15 is 0 Å². The largest absolute Gasteiger partial charge is 0.351 e. The Morgan fingerprint density at radius 2 is 2.18 bits per heavy atom. The predicted molar refractivity (Wildman–Crippen MR) is 88.1 cm³/mol. The molecule has 8 nitrogen and oxygen atoms in total. The number of amides is 1. The predicted octanol–water partition coefficient (Wildman–Crippen LogP) is 0.965. The van der Waals surface area contributed by atoms with Crippen LogP contribution in [-0.4, -0.2) is 48.9 Å². The van der Waals surface area contributed by atoms with Crippen molar-refractivity contribution in [2.75, 3.05) is 25.4 Å². The lowest BCUT2D eigenvalue weighted by atomic mass is 10.2. The number of non-ortho nitro benzene ring substituents is 1. The van der Waals surface area contributed by atoms with Gasteiger partial charge in [0.2, 0.25) is 10.0 Å². The first-order valence-electron chi connectivity index (χ1n) is 6.51. The minimum atomic E-state index is -3.17. The van der Waals surface area contributed by atoms with Gasteiger partial charge in [-0.2, -0.15) is 0 Å². The number of hydrogen-bond acceptors (Lipinski definition) is 5. The smallest absolute Gasteiger partial charge is 0.270 e. The molecule has 10 heteroatoms. The number of halogens is 1. The minimum absolute atomic E-state index is 0.0795. The third-order valence-electron chi connectivity index (χ3n) is 3.26. The molecular formula is C12H14IN3O5S. The maximum atomic E-state index is 12.0. The molecule has 1 amide bonds. The zero-order chi connectivity index (χ0) is 16.3. The van der Waals surface area contributed by atoms with Crippen LogP contribution in [0.4, 0.5) is 5.69 Å². The molecule has 120 valence electrons. The number of benzene rings is 1. The number of nitro benzene ring substituents is 1. The molecule has 1 N–H and O–H groups in total. The van der Waals surface area contributed by atoms with Gasteiger partial charge in [0.05, 0.1) is 16.2 Å². The first-order valence-corrected chi connectivity index (χ1v) is 9.20. The normalized spacial score (nSPS) is 17.3. The van der Waals surface area contributed by atoms with E-state index in [9.17, 15) is 23.3 Å². The fourth-order valence-corrected chi connectivity index (χ4v) is 4.41. The van der Waals surface area contributed by atoms with Crippen LogP contribution in [0.25, 0.3) is 0 Å². The molecule has 0 unspecified atom stereocenters. The van der Waals surface area contributed by atoms with E-state index in [0.717, 1.165) is 0 Å². The molecule has 1 aliphatic heterocycles. The van der Waals surface area contributed by atoms with Gasteiger partial charge in [0.15, 0.2) is 0 Å². The van der Waals surface area contributed by atoms with Crippen LogP contribution in [-0.2, 0) is 10.0 Å². The fraction of sp³-hybridized carbons (Fsp3) is 0.417. The maximum absolute atomic E-state index is 12.0. The minimum Gasteiger partial charge on any atom is -0.351 e. The van der Waals surface area contributed by atoms with Crippen LogP contribution in [0.2, 0.25) is 0 Å². The quantitative estimate of drug-likeness (QED) is 0.418. The molecule has 0 aliphatic carbocycles. The van der Waals surface area contributed by atoms with Crippen LogP contribution in [0, 0.1) is 13.7 Å². The van der Waals surface area contributed by atoms with Gasteiger partial charge in [-0.1, -0.05) is 0 Å². The van der Waals surface area contributed by atoms with Crippen LogP contribution in [0.5, 0.6) is 0 Å². The molecule has 1 saturated heterocycles. The van der Waals surface area contributed by atoms with Gasteiger partial charge in [0.1, 0.15) is 0 Å². The van der Waals surface area contributed by atoms with Crippen LogP contribution in [0.1, 0.15) is 16.8 Å². The zero-order valence-corrected chi connectivity index (χ0v) is 14.5. The molecule has 0 aromatic heterocycles. The molecule has 1 aliphatic rings. The second-order valence-corrected chi connectivity index (χ2v) is 8.00. The number of nitrogens with zero attached hydrogens (tertiary/aromatic N) is 2. The first-order chi connectivity index (χ1) is 10.3. The van der Waals surface area contributed by atoms with Crippen molar-refractivity contribution in [3.05, 3.63) is 37.4 Å². The van der Waals surface area contributed by atoms with Crippen LogP contribution in [0.3, 0.4) is 0 Å². The highest BCUT2D eigenvalue weighted by Gasteiger charge is 2.27. The third kappa shape index (κ3) is 3.93. The molecule has 0 bridgehead atoms. The van der Waals surface area contributed by atoms with Gasteiger partial charge < -0.3 is 5.32 Å². The molecule has 1 fully saturated rings. The van der Waals surface area contributed by atoms with E-state index < -0.39 is 14.9 Å². The summed E-state index contributed by atoms with van der Waals surface area (Å²) in [5, 5.41) is 13.3. The summed E-state index contributed by atoms with van der Waals surface area (Å²) in [4.78, 5) is 22.2. The summed E-state index contributed by atoms with van der Waals surface area (Å²) in [6.45, 7) is 0.913. The summed E-state index contributed by atoms with van der Waals surface area (Å²) < 4.78 is 25.0. The highest BCUT2D eigenvalue weighted by atomic mass is 127. The van der Waals surface area contributed by atoms with Gasteiger partial charge in [0, 0.05) is 35.3 Å². The Bertz CT molecular complexity index is 707. The summed E-state index contributed by atoms with van der Waals surface area (Å²) in [5.41, 5.74) is 0.250. The summed E-state index contributed by atoms with van der Waals surface area (Å²) in [6, 6.07) is 3.98. The Balaban J connectivity index is 1.94. The standard InChI is InChI=1S/C12H14IN3O5S/c13-11-8-9(16(18)19)2-3-10(11)12(17)14-4-6-15-5-1-7-22(15,20)21/h2-3,8H,1,4-7H2,(H,14,17). The number of hydrogen-bond donors (Lipinski definition) is 1. The van der Waals surface area contributed by atoms with Crippen LogP contribution >= 0.6 is 22.6 Å². The van der Waals surface area contributed by atoms with Gasteiger partial charge in [-0.05, 0) is 35.1 Å². The molecular weight excluding hydrogens is 425 g/mol. The topological polar surface area (TPSA) is 110 Å². The van der Waals surface area contributed by atoms with Crippen LogP contribution in [0.15, 0.2) is 18.2 Å². The molecule has 22 heavy (non-hydrogen) atoms. The lowest BCUT2D eigenvalue weighted by Gasteiger charge is -2.14. The molecule has 1 aromatic rings. The van der Waals surface area contributed by atoms with Gasteiger partial charge in [-0.3, -0.25) is 14.9 Å². The number of nitro groups is 1. The van der Waals surface area contributed by atoms with Crippen molar-refractivity contribution in [3.63, 3.8) is 0 Å². The number of carbonyl (C=O) groups excluding carboxylic acids is 1. The molecule has 0 saturated carbocycles. The van der Waals surface area contributed by atoms with Crippen LogP contribution < -0.4 is 5.32 Å². The van der Waals surface area contributed by atoms with Crippen molar-refractivity contribution in [2.24, 2.45) is 0 Å². The Kier molecular flexibility index (Phi) is 5.34. The van der Waals surface area contributed by atoms with E-state index in [1.54, 1.807) is 0 Å². The van der Waals surface area contributed by atoms with E-state index in [1.165, 1.54) is 22.5 Å². The number of sulfonamides is 1. The van der Waals surface area contributed by atoms with Crippen molar-refractivity contribution in [1.82, 2.24) is 9.62 Å². The van der Waals surface area contributed by atoms with Crippen molar-refractivity contribution in [2.45, 2.75) is 6.42 Å². The lowest BCUT2D eigenvalue weighted by Crippen LogP contribution is -2.36. The third-order valence-corrected chi connectivity index (χ3v) is 6.11. The number of carbonyl (C=O) groups is 1. The van der Waals surface area contributed by atoms with E-state index in [-0.39, 0.29) is 30.4 Å². The Morgan fingerprint density at radius 1 is 1.45 bits per heavy atom. The summed E-state index contributed by atoms with van der Waals surface area (Å²) >= 11 is 1.86. The average Bonchev–Trinajstić information content (AvgIpc) is 2.77. The summed E-state index contributed by atoms with van der Waals surface area (Å²) in [5.74, 6) is -0.225. The average molecular weight is 439 g/mol. The molecule has 2 rings (SSSR count). The molecule has 0 atom stereocenters. The van der Waals surface area contributed by atoms with Crippen molar-refractivity contribution < 1.29 is 18.1 Å². The highest BCUT2D eigenvalue weighted by molar-refractivity contribution is 14.1. The highest BCUT2D eigenvalue weighted by Crippen LogP contribution is 2.19. The SMILES string of the molecule is O=C(NCCN1CCCS1(=O)=O)c1ccc([N+](=O)[O-])cc1I. The Morgan fingerprint density at radius 3 is 2.73 bits per heavy atom. The fourth-order valence-electron chi connectivity index (χ4n) is 2.13. The molecule has 0 radical (unpaired) electrons. The van der Waals surface area contributed by atoms with Crippen molar-refractivity contribution in [3.8, 4) is 0 Å². The van der Waals surface area contributed by atoms with Crippen molar-refractivity contribution in [1.29, 1.82) is 0 Å². The number of rotatable bonds is 5. The second kappa shape index (κ2) is 6.87. The Hall–Kier alpha value is -1.27. The second-order valence-electron chi connectivity index (χ2n) is 4.75. The summed E-state index contributed by atoms with van der Waals surface area (Å²) in [7, 11) is -3.17. The van der Waals surface area contributed by atoms with E-state index in [0.29, 0.717) is 22.1 Å². The van der Waals surface area contributed by atoms with Gasteiger partial charge >= 0.3 is 0 Å². The maximum Gasteiger partial charge on any atom is 0.270 e. The van der Waals surface area contributed by atoms with E-state index in [2.05, 4.69) is 5.32 Å². The van der Waals surface area contributed by atoms with E-state index in [4.69, 9.17) is 0 Å². The summed E-state index contributed by atoms with van der Waals surface area (Å²) in [6.07, 6.45) is 0.608. The molecule has 1 aromatic carbocycles. The van der Waals surface area contributed by atoms with Gasteiger partial charge in [0.25, 0.3) is 11.6 Å². The zero-order valence-electron chi connectivity index (χ0n) is 11.5. The van der Waals surface area contributed by atoms with E-state index in [1.807, 2.05) is 22.6 Å². The monoisotopic (exact) mass is 439 g/mol. The van der Waals surface area contributed by atoms with Gasteiger partial charge in [-0.15, -0.1) is 0 Å². The van der Waals surface area contributed by atoms with Crippen molar-refractivity contribution >= 4 is 44.2 Å². The molecule has 0 spiro atoms. The first kappa shape index (κ1) is 17.1. The number of nitrogens with one attached hydrogen (secondary N) is 1. The van der Waals surface area contributed by atoms with Gasteiger partial charge in [-0.25, -0.2) is 12.7 Å². The lowest BCUT2D eigenvalue weighted by molar-refractivity contribution is -0.384. The Labute approximate surface area is 141 Å². The molecule has 1 heterocycles.